The van der Waals surface area contributed by atoms with Crippen molar-refractivity contribution in [3.8, 4) is 6.07 Å². The van der Waals surface area contributed by atoms with Gasteiger partial charge >= 0.3 is 5.97 Å². The second-order valence-corrected chi connectivity index (χ2v) is 7.73. The Bertz CT molecular complexity index is 1140. The summed E-state index contributed by atoms with van der Waals surface area (Å²) in [6, 6.07) is 22.0. The van der Waals surface area contributed by atoms with Gasteiger partial charge in [0.05, 0.1) is 11.1 Å². The van der Waals surface area contributed by atoms with Gasteiger partial charge < -0.3 is 10.1 Å². The number of amides is 1. The highest BCUT2D eigenvalue weighted by molar-refractivity contribution is 7.99. The molecule has 0 radical (unpaired) electrons. The number of anilines is 1. The van der Waals surface area contributed by atoms with Crippen molar-refractivity contribution in [1.82, 2.24) is 0 Å². The molecule has 3 aromatic rings. The van der Waals surface area contributed by atoms with Crippen LogP contribution in [0, 0.1) is 25.2 Å². The van der Waals surface area contributed by atoms with E-state index in [0.717, 1.165) is 16.0 Å². The van der Waals surface area contributed by atoms with Crippen molar-refractivity contribution < 1.29 is 14.3 Å². The summed E-state index contributed by atoms with van der Waals surface area (Å²) in [5, 5.41) is 12.0. The molecule has 0 unspecified atom stereocenters. The Hall–Kier alpha value is -3.56. The lowest BCUT2D eigenvalue weighted by Crippen LogP contribution is -2.21. The lowest BCUT2D eigenvalue weighted by atomic mass is 10.1. The summed E-state index contributed by atoms with van der Waals surface area (Å²) in [5.41, 5.74) is 3.52. The van der Waals surface area contributed by atoms with E-state index in [9.17, 15) is 14.9 Å². The number of hydrogen-bond acceptors (Lipinski definition) is 5. The van der Waals surface area contributed by atoms with Crippen molar-refractivity contribution in [2.24, 2.45) is 0 Å². The average molecular weight is 417 g/mol. The van der Waals surface area contributed by atoms with E-state index >= 15 is 0 Å². The minimum absolute atomic E-state index is 0.342. The van der Waals surface area contributed by atoms with Crippen LogP contribution in [-0.2, 0) is 9.53 Å². The van der Waals surface area contributed by atoms with Crippen molar-refractivity contribution in [3.63, 3.8) is 0 Å². The number of rotatable bonds is 6. The molecule has 0 fully saturated rings. The minimum Gasteiger partial charge on any atom is -0.452 e. The molecule has 30 heavy (non-hydrogen) atoms. The molecule has 0 heterocycles. The number of nitriles is 1. The zero-order chi connectivity index (χ0) is 21.5. The summed E-state index contributed by atoms with van der Waals surface area (Å²) in [4.78, 5) is 26.2. The van der Waals surface area contributed by atoms with Gasteiger partial charge in [-0.15, -0.1) is 0 Å². The van der Waals surface area contributed by atoms with Gasteiger partial charge in [-0.2, -0.15) is 5.26 Å². The normalized spacial score (nSPS) is 10.2. The number of ether oxygens (including phenoxy) is 1. The smallest absolute Gasteiger partial charge is 0.339 e. The Morgan fingerprint density at radius 1 is 1.00 bits per heavy atom. The van der Waals surface area contributed by atoms with E-state index in [1.807, 2.05) is 44.2 Å². The van der Waals surface area contributed by atoms with Crippen LogP contribution in [0.15, 0.2) is 76.5 Å². The second-order valence-electron chi connectivity index (χ2n) is 6.65. The zero-order valence-electron chi connectivity index (χ0n) is 16.6. The average Bonchev–Trinajstić information content (AvgIpc) is 2.75. The number of carbonyl (C=O) groups excluding carboxylic acids is 2. The van der Waals surface area contributed by atoms with Crippen LogP contribution in [0.1, 0.15) is 27.0 Å². The molecule has 0 aliphatic carbocycles. The van der Waals surface area contributed by atoms with Crippen LogP contribution in [0.2, 0.25) is 0 Å². The van der Waals surface area contributed by atoms with Gasteiger partial charge in [0.1, 0.15) is 6.07 Å². The third kappa shape index (κ3) is 5.28. The third-order valence-electron chi connectivity index (χ3n) is 4.34. The summed E-state index contributed by atoms with van der Waals surface area (Å²) in [6.07, 6.45) is 0. The van der Waals surface area contributed by atoms with Crippen LogP contribution in [-0.4, -0.2) is 18.5 Å². The number of carbonyl (C=O) groups is 2. The SMILES string of the molecule is Cc1ccc(C)c(NC(=O)COC(=O)c2ccccc2Sc2ccccc2C#N)c1. The van der Waals surface area contributed by atoms with Gasteiger partial charge in [-0.1, -0.05) is 48.2 Å². The molecule has 0 aromatic heterocycles. The lowest BCUT2D eigenvalue weighted by Gasteiger charge is -2.11. The Balaban J connectivity index is 1.68. The molecule has 0 saturated heterocycles. The Kier molecular flexibility index (Phi) is 6.89. The van der Waals surface area contributed by atoms with Gasteiger partial charge in [0.2, 0.25) is 0 Å². The third-order valence-corrected chi connectivity index (χ3v) is 5.49. The maximum atomic E-state index is 12.6. The van der Waals surface area contributed by atoms with Crippen molar-refractivity contribution in [1.29, 1.82) is 5.26 Å². The van der Waals surface area contributed by atoms with Gasteiger partial charge in [0, 0.05) is 15.5 Å². The monoisotopic (exact) mass is 416 g/mol. The molecule has 1 amide bonds. The van der Waals surface area contributed by atoms with Gasteiger partial charge in [-0.25, -0.2) is 4.79 Å². The highest BCUT2D eigenvalue weighted by atomic mass is 32.2. The number of nitrogens with one attached hydrogen (secondary N) is 1. The fourth-order valence-electron chi connectivity index (χ4n) is 2.76. The Labute approximate surface area is 179 Å². The van der Waals surface area contributed by atoms with Crippen LogP contribution in [0.5, 0.6) is 0 Å². The standard InChI is InChI=1S/C24H20N2O3S/c1-16-11-12-17(2)20(13-16)26-23(27)15-29-24(28)19-8-4-6-10-22(19)30-21-9-5-3-7-18(21)14-25/h3-13H,15H2,1-2H3,(H,26,27). The van der Waals surface area contributed by atoms with Gasteiger partial charge in [0.15, 0.2) is 6.61 Å². The quantitative estimate of drug-likeness (QED) is 0.564. The number of hydrogen-bond donors (Lipinski definition) is 1. The number of benzene rings is 3. The fourth-order valence-corrected chi connectivity index (χ4v) is 3.77. The minimum atomic E-state index is -0.594. The van der Waals surface area contributed by atoms with E-state index in [0.29, 0.717) is 21.7 Å². The Morgan fingerprint density at radius 2 is 1.70 bits per heavy atom. The topological polar surface area (TPSA) is 79.2 Å². The molecule has 5 nitrogen and oxygen atoms in total. The number of esters is 1. The molecule has 0 aliphatic rings. The maximum Gasteiger partial charge on any atom is 0.339 e. The molecule has 0 saturated carbocycles. The molecular weight excluding hydrogens is 396 g/mol. The molecule has 6 heteroatoms. The van der Waals surface area contributed by atoms with E-state index in [4.69, 9.17) is 4.74 Å². The summed E-state index contributed by atoms with van der Waals surface area (Å²) in [7, 11) is 0. The van der Waals surface area contributed by atoms with Crippen molar-refractivity contribution in [2.45, 2.75) is 23.6 Å². The first-order chi connectivity index (χ1) is 14.5. The zero-order valence-corrected chi connectivity index (χ0v) is 17.5. The first kappa shape index (κ1) is 21.2. The second kappa shape index (κ2) is 9.77. The molecule has 3 aromatic carbocycles. The summed E-state index contributed by atoms with van der Waals surface area (Å²) in [6.45, 7) is 3.45. The molecule has 0 atom stereocenters. The molecule has 150 valence electrons. The van der Waals surface area contributed by atoms with Crippen LogP contribution >= 0.6 is 11.8 Å². The Morgan fingerprint density at radius 3 is 2.47 bits per heavy atom. The molecule has 0 aliphatic heterocycles. The first-order valence-electron chi connectivity index (χ1n) is 9.28. The molecule has 3 rings (SSSR count). The fraction of sp³-hybridized carbons (Fsp3) is 0.125. The van der Waals surface area contributed by atoms with E-state index in [-0.39, 0.29) is 6.61 Å². The predicted molar refractivity (Wildman–Crippen MR) is 117 cm³/mol. The molecule has 0 bridgehead atoms. The lowest BCUT2D eigenvalue weighted by molar-refractivity contribution is -0.119. The van der Waals surface area contributed by atoms with Crippen LogP contribution in [0.3, 0.4) is 0 Å². The van der Waals surface area contributed by atoms with E-state index < -0.39 is 11.9 Å². The van der Waals surface area contributed by atoms with Crippen LogP contribution in [0.4, 0.5) is 5.69 Å². The maximum absolute atomic E-state index is 12.6. The largest absolute Gasteiger partial charge is 0.452 e. The summed E-state index contributed by atoms with van der Waals surface area (Å²) in [5.74, 6) is -0.999. The van der Waals surface area contributed by atoms with Crippen LogP contribution in [0.25, 0.3) is 0 Å². The van der Waals surface area contributed by atoms with Gasteiger partial charge in [-0.3, -0.25) is 4.79 Å². The van der Waals surface area contributed by atoms with Crippen LogP contribution < -0.4 is 5.32 Å². The first-order valence-corrected chi connectivity index (χ1v) is 10.1. The molecule has 0 spiro atoms. The van der Waals surface area contributed by atoms with Crippen molar-refractivity contribution in [2.75, 3.05) is 11.9 Å². The molecule has 1 N–H and O–H groups in total. The highest BCUT2D eigenvalue weighted by Gasteiger charge is 2.16. The van der Waals surface area contributed by atoms with Gasteiger partial charge in [0.25, 0.3) is 5.91 Å². The van der Waals surface area contributed by atoms with Gasteiger partial charge in [-0.05, 0) is 55.3 Å². The van der Waals surface area contributed by atoms with Crippen molar-refractivity contribution >= 4 is 29.3 Å². The number of nitrogens with zero attached hydrogens (tertiary/aromatic N) is 1. The van der Waals surface area contributed by atoms with Crippen molar-refractivity contribution in [3.05, 3.63) is 89.0 Å². The number of aryl methyl sites for hydroxylation is 2. The highest BCUT2D eigenvalue weighted by Crippen LogP contribution is 2.32. The predicted octanol–water partition coefficient (Wildman–Crippen LogP) is 5.12. The van der Waals surface area contributed by atoms with E-state index in [1.54, 1.807) is 36.4 Å². The van der Waals surface area contributed by atoms with E-state index in [2.05, 4.69) is 11.4 Å². The van der Waals surface area contributed by atoms with E-state index in [1.165, 1.54) is 11.8 Å². The summed E-state index contributed by atoms with van der Waals surface area (Å²) >= 11 is 1.31. The molecular formula is C24H20N2O3S. The summed E-state index contributed by atoms with van der Waals surface area (Å²) < 4.78 is 5.24.